The van der Waals surface area contributed by atoms with Crippen LogP contribution in [0.2, 0.25) is 0 Å². The van der Waals surface area contributed by atoms with Gasteiger partial charge in [-0.05, 0) is 37.9 Å². The lowest BCUT2D eigenvalue weighted by molar-refractivity contribution is -0.123. The van der Waals surface area contributed by atoms with Gasteiger partial charge in [-0.25, -0.2) is 9.97 Å². The molecular weight excluding hydrogens is 466 g/mol. The van der Waals surface area contributed by atoms with Gasteiger partial charge in [0.2, 0.25) is 11.9 Å². The van der Waals surface area contributed by atoms with Crippen LogP contribution in [0.5, 0.6) is 0 Å². The SMILES string of the molecule is CCCN1CCN(c2ccc(Nc3ncc4c(n3)N3C(C=C4)C(=O)NCC34CCCC4)nc2)C[C@@H]1CN. The van der Waals surface area contributed by atoms with E-state index in [0.29, 0.717) is 30.9 Å². The summed E-state index contributed by atoms with van der Waals surface area (Å²) in [4.78, 5) is 34.0. The molecule has 10 heteroatoms. The first-order chi connectivity index (χ1) is 18.1. The van der Waals surface area contributed by atoms with E-state index in [9.17, 15) is 4.79 Å². The maximum absolute atomic E-state index is 12.7. The summed E-state index contributed by atoms with van der Waals surface area (Å²) in [6, 6.07) is 4.12. The molecule has 196 valence electrons. The van der Waals surface area contributed by atoms with Crippen molar-refractivity contribution in [3.8, 4) is 0 Å². The van der Waals surface area contributed by atoms with Gasteiger partial charge in [-0.3, -0.25) is 9.69 Å². The Labute approximate surface area is 218 Å². The van der Waals surface area contributed by atoms with Crippen LogP contribution in [0.25, 0.3) is 6.08 Å². The van der Waals surface area contributed by atoms with E-state index in [0.717, 1.165) is 62.5 Å². The third-order valence-electron chi connectivity index (χ3n) is 8.41. The first-order valence-electron chi connectivity index (χ1n) is 13.6. The predicted octanol–water partition coefficient (Wildman–Crippen LogP) is 2.12. The summed E-state index contributed by atoms with van der Waals surface area (Å²) in [5, 5.41) is 6.41. The molecule has 37 heavy (non-hydrogen) atoms. The lowest BCUT2D eigenvalue weighted by atomic mass is 9.87. The maximum Gasteiger partial charge on any atom is 0.246 e. The molecule has 5 heterocycles. The molecule has 6 rings (SSSR count). The van der Waals surface area contributed by atoms with Gasteiger partial charge >= 0.3 is 0 Å². The molecule has 0 aromatic carbocycles. The van der Waals surface area contributed by atoms with E-state index in [2.05, 4.69) is 48.3 Å². The van der Waals surface area contributed by atoms with Crippen molar-refractivity contribution in [2.24, 2.45) is 5.73 Å². The van der Waals surface area contributed by atoms with Gasteiger partial charge in [0, 0.05) is 50.5 Å². The molecule has 4 N–H and O–H groups in total. The molecule has 1 spiro atoms. The third kappa shape index (κ3) is 4.42. The van der Waals surface area contributed by atoms with E-state index in [4.69, 9.17) is 10.7 Å². The fourth-order valence-corrected chi connectivity index (χ4v) is 6.48. The van der Waals surface area contributed by atoms with Gasteiger partial charge in [0.05, 0.1) is 17.4 Å². The molecule has 0 bridgehead atoms. The van der Waals surface area contributed by atoms with Crippen LogP contribution in [0.3, 0.4) is 0 Å². The molecule has 3 aliphatic heterocycles. The van der Waals surface area contributed by atoms with Gasteiger partial charge in [0.15, 0.2) is 0 Å². The smallest absolute Gasteiger partial charge is 0.246 e. The molecule has 4 aliphatic rings. The van der Waals surface area contributed by atoms with Crippen molar-refractivity contribution >= 4 is 35.3 Å². The summed E-state index contributed by atoms with van der Waals surface area (Å²) >= 11 is 0. The average Bonchev–Trinajstić information content (AvgIpc) is 3.40. The number of hydrogen-bond donors (Lipinski definition) is 3. The van der Waals surface area contributed by atoms with E-state index in [-0.39, 0.29) is 17.5 Å². The van der Waals surface area contributed by atoms with Crippen molar-refractivity contribution in [3.63, 3.8) is 0 Å². The zero-order valence-corrected chi connectivity index (χ0v) is 21.6. The average molecular weight is 504 g/mol. The highest BCUT2D eigenvalue weighted by atomic mass is 16.2. The fourth-order valence-electron chi connectivity index (χ4n) is 6.48. The molecule has 1 saturated carbocycles. The summed E-state index contributed by atoms with van der Waals surface area (Å²) in [5.74, 6) is 2.05. The Balaban J connectivity index is 1.19. The molecule has 1 unspecified atom stereocenters. The van der Waals surface area contributed by atoms with Crippen LogP contribution >= 0.6 is 0 Å². The number of anilines is 4. The van der Waals surface area contributed by atoms with Crippen LogP contribution in [0.4, 0.5) is 23.3 Å². The van der Waals surface area contributed by atoms with E-state index in [1.54, 1.807) is 0 Å². The van der Waals surface area contributed by atoms with Gasteiger partial charge in [-0.15, -0.1) is 0 Å². The van der Waals surface area contributed by atoms with Gasteiger partial charge in [0.1, 0.15) is 17.7 Å². The molecule has 2 saturated heterocycles. The largest absolute Gasteiger partial charge is 0.367 e. The second-order valence-corrected chi connectivity index (χ2v) is 10.7. The Morgan fingerprint density at radius 1 is 1.19 bits per heavy atom. The quantitative estimate of drug-likeness (QED) is 0.545. The Morgan fingerprint density at radius 2 is 2.05 bits per heavy atom. The Kier molecular flexibility index (Phi) is 6.46. The van der Waals surface area contributed by atoms with Crippen LogP contribution in [0.15, 0.2) is 30.6 Å². The Morgan fingerprint density at radius 3 is 2.81 bits per heavy atom. The molecule has 3 fully saturated rings. The van der Waals surface area contributed by atoms with E-state index in [1.807, 2.05) is 30.6 Å². The normalized spacial score (nSPS) is 24.6. The Bertz CT molecular complexity index is 1160. The Hall–Kier alpha value is -3.24. The van der Waals surface area contributed by atoms with Gasteiger partial charge in [0.25, 0.3) is 0 Å². The van der Waals surface area contributed by atoms with Crippen LogP contribution < -0.4 is 26.2 Å². The summed E-state index contributed by atoms with van der Waals surface area (Å²) < 4.78 is 0. The number of carbonyl (C=O) groups is 1. The lowest BCUT2D eigenvalue weighted by Gasteiger charge is -2.50. The maximum atomic E-state index is 12.7. The fraction of sp³-hybridized carbons (Fsp3) is 0.556. The third-order valence-corrected chi connectivity index (χ3v) is 8.41. The molecule has 10 nitrogen and oxygen atoms in total. The number of piperazine rings is 2. The molecule has 0 radical (unpaired) electrons. The number of carbonyl (C=O) groups excluding carboxylic acids is 1. The molecule has 2 atom stereocenters. The van der Waals surface area contributed by atoms with Crippen molar-refractivity contribution in [3.05, 3.63) is 36.2 Å². The number of rotatable bonds is 6. The highest BCUT2D eigenvalue weighted by Gasteiger charge is 2.50. The number of pyridine rings is 1. The van der Waals surface area contributed by atoms with Gasteiger partial charge < -0.3 is 26.2 Å². The van der Waals surface area contributed by atoms with E-state index in [1.165, 1.54) is 12.8 Å². The number of aromatic nitrogens is 3. The number of fused-ring (bicyclic) bond motifs is 4. The van der Waals surface area contributed by atoms with Crippen LogP contribution in [-0.2, 0) is 4.79 Å². The van der Waals surface area contributed by atoms with Gasteiger partial charge in [-0.2, -0.15) is 4.98 Å². The minimum Gasteiger partial charge on any atom is -0.367 e. The second-order valence-electron chi connectivity index (χ2n) is 10.7. The highest BCUT2D eigenvalue weighted by molar-refractivity contribution is 5.93. The summed E-state index contributed by atoms with van der Waals surface area (Å²) in [5.41, 5.74) is 8.04. The minimum absolute atomic E-state index is 0.0391. The van der Waals surface area contributed by atoms with Crippen LogP contribution in [0, 0.1) is 0 Å². The number of hydrogen-bond acceptors (Lipinski definition) is 9. The zero-order chi connectivity index (χ0) is 25.4. The first kappa shape index (κ1) is 24.1. The molecule has 2 aromatic rings. The number of nitrogens with one attached hydrogen (secondary N) is 2. The monoisotopic (exact) mass is 503 g/mol. The highest BCUT2D eigenvalue weighted by Crippen LogP contribution is 2.43. The standard InChI is InChI=1S/C27H37N9O/c1-2-11-34-12-13-35(17-21(34)14-28)20-6-8-23(29-16-20)32-26-30-15-19-5-7-22-25(37)31-18-27(9-3-4-10-27)36(22)24(19)33-26/h5-8,15-16,21-22H,2-4,9-14,17-18,28H2,1H3,(H,31,37)(H,29,30,32,33)/t21-,22?/m0/s1. The summed E-state index contributed by atoms with van der Waals surface area (Å²) in [6.07, 6.45) is 13.3. The number of amides is 1. The molecule has 2 aromatic heterocycles. The topological polar surface area (TPSA) is 116 Å². The summed E-state index contributed by atoms with van der Waals surface area (Å²) in [7, 11) is 0. The predicted molar refractivity (Wildman–Crippen MR) is 146 cm³/mol. The van der Waals surface area contributed by atoms with Crippen molar-refractivity contribution in [1.29, 1.82) is 0 Å². The first-order valence-corrected chi connectivity index (χ1v) is 13.6. The molecule has 1 amide bonds. The van der Waals surface area contributed by atoms with Crippen molar-refractivity contribution in [1.82, 2.24) is 25.2 Å². The zero-order valence-electron chi connectivity index (χ0n) is 21.6. The van der Waals surface area contributed by atoms with Crippen molar-refractivity contribution < 1.29 is 4.79 Å². The second kappa shape index (κ2) is 9.90. The number of nitrogens with two attached hydrogens (primary N) is 1. The molecule has 1 aliphatic carbocycles. The molecular formula is C27H37N9O. The van der Waals surface area contributed by atoms with Gasteiger partial charge in [-0.1, -0.05) is 31.9 Å². The number of nitrogens with zero attached hydrogens (tertiary/aromatic N) is 6. The van der Waals surface area contributed by atoms with E-state index >= 15 is 0 Å². The van der Waals surface area contributed by atoms with E-state index < -0.39 is 0 Å². The van der Waals surface area contributed by atoms with Crippen molar-refractivity contribution in [2.75, 3.05) is 54.4 Å². The van der Waals surface area contributed by atoms with Crippen molar-refractivity contribution in [2.45, 2.75) is 56.7 Å². The summed E-state index contributed by atoms with van der Waals surface area (Å²) in [6.45, 7) is 7.55. The van der Waals surface area contributed by atoms with Crippen LogP contribution in [0.1, 0.15) is 44.6 Å². The minimum atomic E-state index is -0.324. The van der Waals surface area contributed by atoms with Crippen LogP contribution in [-0.4, -0.2) is 82.7 Å². The lowest BCUT2D eigenvalue weighted by Crippen LogP contribution is -2.67.